The molecule has 1 saturated heterocycles. The highest BCUT2D eigenvalue weighted by atomic mass is 16.2. The molecule has 1 saturated carbocycles. The second kappa shape index (κ2) is 8.71. The molecule has 2 aromatic carbocycles. The van der Waals surface area contributed by atoms with Crippen LogP contribution >= 0.6 is 0 Å². The average molecular weight is 363 g/mol. The Morgan fingerprint density at radius 3 is 2.00 bits per heavy atom. The lowest BCUT2D eigenvalue weighted by Crippen LogP contribution is -2.51. The maximum absolute atomic E-state index is 12.8. The van der Waals surface area contributed by atoms with Gasteiger partial charge in [-0.25, -0.2) is 0 Å². The van der Waals surface area contributed by atoms with Crippen LogP contribution in [0.5, 0.6) is 0 Å². The van der Waals surface area contributed by atoms with Gasteiger partial charge in [-0.2, -0.15) is 0 Å². The van der Waals surface area contributed by atoms with E-state index in [1.807, 2.05) is 35.2 Å². The van der Waals surface area contributed by atoms with Crippen molar-refractivity contribution < 1.29 is 4.79 Å². The van der Waals surface area contributed by atoms with Crippen LogP contribution in [0, 0.1) is 5.92 Å². The van der Waals surface area contributed by atoms with Crippen LogP contribution in [-0.2, 0) is 0 Å². The first-order chi connectivity index (χ1) is 13.3. The number of piperazine rings is 1. The molecule has 1 amide bonds. The fourth-order valence-electron chi connectivity index (χ4n) is 4.85. The van der Waals surface area contributed by atoms with Crippen molar-refractivity contribution in [1.82, 2.24) is 9.80 Å². The molecule has 3 nitrogen and oxygen atoms in total. The molecule has 3 heteroatoms. The zero-order valence-electron chi connectivity index (χ0n) is 16.1. The summed E-state index contributed by atoms with van der Waals surface area (Å²) in [5, 5.41) is 0. The fourth-order valence-corrected chi connectivity index (χ4v) is 4.85. The molecule has 1 atom stereocenters. The Kier molecular flexibility index (Phi) is 5.88. The summed E-state index contributed by atoms with van der Waals surface area (Å²) in [4.78, 5) is 17.4. The van der Waals surface area contributed by atoms with Crippen LogP contribution in [0.1, 0.15) is 54.1 Å². The molecule has 0 radical (unpaired) electrons. The number of benzene rings is 2. The van der Waals surface area contributed by atoms with Crippen molar-refractivity contribution in [1.29, 1.82) is 0 Å². The molecule has 0 aromatic heterocycles. The van der Waals surface area contributed by atoms with Crippen molar-refractivity contribution >= 4 is 5.91 Å². The lowest BCUT2D eigenvalue weighted by molar-refractivity contribution is 0.0438. The monoisotopic (exact) mass is 362 g/mol. The minimum absolute atomic E-state index is 0.171. The van der Waals surface area contributed by atoms with E-state index in [4.69, 9.17) is 0 Å². The first-order valence-corrected chi connectivity index (χ1v) is 10.5. The quantitative estimate of drug-likeness (QED) is 0.782. The van der Waals surface area contributed by atoms with Gasteiger partial charge in [0.1, 0.15) is 0 Å². The summed E-state index contributed by atoms with van der Waals surface area (Å²) in [6, 6.07) is 21.2. The lowest BCUT2D eigenvalue weighted by atomic mass is 9.80. The number of nitrogens with zero attached hydrogens (tertiary/aromatic N) is 2. The van der Waals surface area contributed by atoms with Crippen molar-refractivity contribution in [2.45, 2.75) is 38.1 Å². The molecular weight excluding hydrogens is 332 g/mol. The van der Waals surface area contributed by atoms with Gasteiger partial charge in [-0.3, -0.25) is 9.69 Å². The number of amides is 1. The molecule has 4 rings (SSSR count). The molecule has 2 aliphatic rings. The van der Waals surface area contributed by atoms with Gasteiger partial charge in [0, 0.05) is 37.8 Å². The van der Waals surface area contributed by atoms with Crippen LogP contribution < -0.4 is 0 Å². The highest BCUT2D eigenvalue weighted by molar-refractivity contribution is 5.94. The summed E-state index contributed by atoms with van der Waals surface area (Å²) in [6.07, 6.45) is 6.78. The third-order valence-corrected chi connectivity index (χ3v) is 6.25. The van der Waals surface area contributed by atoms with Crippen LogP contribution in [0.15, 0.2) is 60.7 Å². The van der Waals surface area contributed by atoms with Crippen molar-refractivity contribution in [3.05, 3.63) is 71.8 Å². The minimum Gasteiger partial charge on any atom is -0.336 e. The Morgan fingerprint density at radius 1 is 0.778 bits per heavy atom. The molecule has 1 unspecified atom stereocenters. The number of rotatable bonds is 4. The molecule has 27 heavy (non-hydrogen) atoms. The molecule has 0 spiro atoms. The Bertz CT molecular complexity index is 717. The van der Waals surface area contributed by atoms with E-state index in [0.717, 1.165) is 37.7 Å². The number of carbonyl (C=O) groups excluding carboxylic acids is 1. The van der Waals surface area contributed by atoms with Crippen LogP contribution in [0.2, 0.25) is 0 Å². The van der Waals surface area contributed by atoms with Gasteiger partial charge in [-0.05, 0) is 36.5 Å². The van der Waals surface area contributed by atoms with Crippen LogP contribution in [0.25, 0.3) is 0 Å². The maximum Gasteiger partial charge on any atom is 0.253 e. The maximum atomic E-state index is 12.8. The van der Waals surface area contributed by atoms with Crippen molar-refractivity contribution in [3.63, 3.8) is 0 Å². The molecular formula is C24H30N2O. The largest absolute Gasteiger partial charge is 0.336 e. The lowest BCUT2D eigenvalue weighted by Gasteiger charge is -2.43. The van der Waals surface area contributed by atoms with E-state index in [9.17, 15) is 4.79 Å². The van der Waals surface area contributed by atoms with Gasteiger partial charge in [0.2, 0.25) is 0 Å². The second-order valence-corrected chi connectivity index (χ2v) is 7.95. The van der Waals surface area contributed by atoms with Gasteiger partial charge < -0.3 is 4.90 Å². The van der Waals surface area contributed by atoms with Crippen molar-refractivity contribution in [2.75, 3.05) is 26.2 Å². The minimum atomic E-state index is 0.171. The SMILES string of the molecule is O=C(c1ccccc1)N1CCN(C(c2ccccc2)C2CCCCC2)CC1. The zero-order valence-corrected chi connectivity index (χ0v) is 16.1. The predicted molar refractivity (Wildman–Crippen MR) is 110 cm³/mol. The second-order valence-electron chi connectivity index (χ2n) is 7.95. The number of carbonyl (C=O) groups is 1. The Hall–Kier alpha value is -2.13. The number of hydrogen-bond donors (Lipinski definition) is 0. The Labute approximate surface area is 163 Å². The van der Waals surface area contributed by atoms with Crippen molar-refractivity contribution in [2.24, 2.45) is 5.92 Å². The van der Waals surface area contributed by atoms with Gasteiger partial charge >= 0.3 is 0 Å². The van der Waals surface area contributed by atoms with Gasteiger partial charge in [-0.1, -0.05) is 67.8 Å². The highest BCUT2D eigenvalue weighted by Crippen LogP contribution is 2.38. The summed E-state index contributed by atoms with van der Waals surface area (Å²) in [5.41, 5.74) is 2.25. The summed E-state index contributed by atoms with van der Waals surface area (Å²) in [5.74, 6) is 0.918. The van der Waals surface area contributed by atoms with E-state index in [0.29, 0.717) is 6.04 Å². The topological polar surface area (TPSA) is 23.6 Å². The summed E-state index contributed by atoms with van der Waals surface area (Å²) in [7, 11) is 0. The van der Waals surface area contributed by atoms with Gasteiger partial charge in [0.05, 0.1) is 0 Å². The molecule has 142 valence electrons. The number of hydrogen-bond acceptors (Lipinski definition) is 2. The van der Waals surface area contributed by atoms with Crippen molar-refractivity contribution in [3.8, 4) is 0 Å². The smallest absolute Gasteiger partial charge is 0.253 e. The van der Waals surface area contributed by atoms with E-state index >= 15 is 0 Å². The molecule has 2 aromatic rings. The van der Waals surface area contributed by atoms with Gasteiger partial charge in [-0.15, -0.1) is 0 Å². The fraction of sp³-hybridized carbons (Fsp3) is 0.458. The van der Waals surface area contributed by atoms with E-state index in [1.165, 1.54) is 37.7 Å². The molecule has 0 N–H and O–H groups in total. The van der Waals surface area contributed by atoms with E-state index in [2.05, 4.69) is 35.2 Å². The van der Waals surface area contributed by atoms with Crippen LogP contribution in [0.4, 0.5) is 0 Å². The molecule has 0 bridgehead atoms. The highest BCUT2D eigenvalue weighted by Gasteiger charge is 2.33. The molecule has 1 aliphatic carbocycles. The van der Waals surface area contributed by atoms with Crippen LogP contribution in [0.3, 0.4) is 0 Å². The first-order valence-electron chi connectivity index (χ1n) is 10.5. The zero-order chi connectivity index (χ0) is 18.5. The van der Waals surface area contributed by atoms with Gasteiger partial charge in [0.15, 0.2) is 0 Å². The molecule has 1 heterocycles. The Morgan fingerprint density at radius 2 is 1.37 bits per heavy atom. The first kappa shape index (κ1) is 18.2. The van der Waals surface area contributed by atoms with E-state index in [-0.39, 0.29) is 5.91 Å². The van der Waals surface area contributed by atoms with E-state index < -0.39 is 0 Å². The summed E-state index contributed by atoms with van der Waals surface area (Å²) >= 11 is 0. The normalized spacial score (nSPS) is 20.4. The third-order valence-electron chi connectivity index (χ3n) is 6.25. The molecule has 2 fully saturated rings. The predicted octanol–water partition coefficient (Wildman–Crippen LogP) is 4.77. The Balaban J connectivity index is 1.46. The van der Waals surface area contributed by atoms with Gasteiger partial charge in [0.25, 0.3) is 5.91 Å². The average Bonchev–Trinajstić information content (AvgIpc) is 2.76. The molecule has 1 aliphatic heterocycles. The summed E-state index contributed by atoms with van der Waals surface area (Å²) in [6.45, 7) is 3.58. The van der Waals surface area contributed by atoms with E-state index in [1.54, 1.807) is 0 Å². The standard InChI is InChI=1S/C24H30N2O/c27-24(22-14-8-3-9-15-22)26-18-16-25(17-19-26)23(20-10-4-1-5-11-20)21-12-6-2-7-13-21/h1,3-5,8-11,14-15,21,23H,2,6-7,12-13,16-19H2. The van der Waals surface area contributed by atoms with Crippen LogP contribution in [-0.4, -0.2) is 41.9 Å². The summed E-state index contributed by atoms with van der Waals surface area (Å²) < 4.78 is 0. The third kappa shape index (κ3) is 4.24.